The van der Waals surface area contributed by atoms with E-state index in [1.54, 1.807) is 0 Å². The Hall–Kier alpha value is -2.03. The molecule has 0 spiro atoms. The highest BCUT2D eigenvalue weighted by molar-refractivity contribution is 6.07. The van der Waals surface area contributed by atoms with Crippen molar-refractivity contribution in [2.45, 2.75) is 26.4 Å². The molecule has 0 unspecified atom stereocenters. The summed E-state index contributed by atoms with van der Waals surface area (Å²) in [6.07, 6.45) is 1.83. The van der Waals surface area contributed by atoms with Gasteiger partial charge < -0.3 is 9.72 Å². The highest BCUT2D eigenvalue weighted by Crippen LogP contribution is 2.28. The Morgan fingerprint density at radius 3 is 2.61 bits per heavy atom. The SMILES string of the molecule is CC(C)(C)Oc1cc2c(cn1)[nH]c1ccccc12. The number of rotatable bonds is 1. The first-order valence-electron chi connectivity index (χ1n) is 6.08. The van der Waals surface area contributed by atoms with E-state index in [0.29, 0.717) is 5.88 Å². The van der Waals surface area contributed by atoms with Gasteiger partial charge in [0, 0.05) is 22.4 Å². The number of fused-ring (bicyclic) bond motifs is 3. The normalized spacial score (nSPS) is 12.2. The molecule has 0 aliphatic heterocycles. The number of pyridine rings is 1. The van der Waals surface area contributed by atoms with Gasteiger partial charge in [0.1, 0.15) is 5.60 Å². The number of hydrogen-bond donors (Lipinski definition) is 1. The molecule has 1 aromatic carbocycles. The van der Waals surface area contributed by atoms with Gasteiger partial charge in [-0.2, -0.15) is 0 Å². The average molecular weight is 240 g/mol. The van der Waals surface area contributed by atoms with Gasteiger partial charge in [-0.3, -0.25) is 0 Å². The summed E-state index contributed by atoms with van der Waals surface area (Å²) in [5.74, 6) is 0.666. The maximum absolute atomic E-state index is 5.80. The number of benzene rings is 1. The van der Waals surface area contributed by atoms with Crippen molar-refractivity contribution in [3.05, 3.63) is 36.5 Å². The molecule has 18 heavy (non-hydrogen) atoms. The van der Waals surface area contributed by atoms with E-state index in [1.807, 2.05) is 45.2 Å². The van der Waals surface area contributed by atoms with Gasteiger partial charge in [0.25, 0.3) is 0 Å². The average Bonchev–Trinajstić information content (AvgIpc) is 2.65. The summed E-state index contributed by atoms with van der Waals surface area (Å²) in [4.78, 5) is 7.68. The van der Waals surface area contributed by atoms with E-state index in [4.69, 9.17) is 4.74 Å². The molecular formula is C15H16N2O. The lowest BCUT2D eigenvalue weighted by Gasteiger charge is -2.20. The minimum absolute atomic E-state index is 0.229. The first kappa shape index (κ1) is 11.1. The Morgan fingerprint density at radius 2 is 1.83 bits per heavy atom. The lowest BCUT2D eigenvalue weighted by molar-refractivity contribution is 0.124. The molecule has 0 atom stereocenters. The lowest BCUT2D eigenvalue weighted by atomic mass is 10.2. The highest BCUT2D eigenvalue weighted by Gasteiger charge is 2.13. The number of ether oxygens (including phenoxy) is 1. The number of nitrogens with zero attached hydrogens (tertiary/aromatic N) is 1. The van der Waals surface area contributed by atoms with E-state index in [1.165, 1.54) is 5.39 Å². The molecule has 0 aliphatic rings. The lowest BCUT2D eigenvalue weighted by Crippen LogP contribution is -2.23. The van der Waals surface area contributed by atoms with Crippen LogP contribution in [0.15, 0.2) is 36.5 Å². The number of hydrogen-bond acceptors (Lipinski definition) is 2. The monoisotopic (exact) mass is 240 g/mol. The van der Waals surface area contributed by atoms with Crippen LogP contribution in [0, 0.1) is 0 Å². The summed E-state index contributed by atoms with van der Waals surface area (Å²) in [6.45, 7) is 6.07. The van der Waals surface area contributed by atoms with Crippen LogP contribution in [0.4, 0.5) is 0 Å². The first-order chi connectivity index (χ1) is 8.53. The Bertz CT molecular complexity index is 707. The van der Waals surface area contributed by atoms with E-state index in [2.05, 4.69) is 22.1 Å². The van der Waals surface area contributed by atoms with E-state index in [0.717, 1.165) is 16.4 Å². The number of nitrogens with one attached hydrogen (secondary N) is 1. The van der Waals surface area contributed by atoms with E-state index < -0.39 is 0 Å². The topological polar surface area (TPSA) is 37.9 Å². The predicted octanol–water partition coefficient (Wildman–Crippen LogP) is 3.89. The number of para-hydroxylation sites is 1. The van der Waals surface area contributed by atoms with Crippen molar-refractivity contribution in [1.82, 2.24) is 9.97 Å². The van der Waals surface area contributed by atoms with Crippen LogP contribution in [0.5, 0.6) is 5.88 Å². The zero-order valence-electron chi connectivity index (χ0n) is 10.8. The molecule has 1 N–H and O–H groups in total. The van der Waals surface area contributed by atoms with Gasteiger partial charge in [-0.1, -0.05) is 18.2 Å². The Kier molecular flexibility index (Phi) is 2.30. The van der Waals surface area contributed by atoms with Gasteiger partial charge in [0.2, 0.25) is 5.88 Å². The molecule has 2 aromatic heterocycles. The van der Waals surface area contributed by atoms with E-state index >= 15 is 0 Å². The molecule has 0 aliphatic carbocycles. The predicted molar refractivity (Wildman–Crippen MR) is 74.0 cm³/mol. The number of aromatic amines is 1. The Morgan fingerprint density at radius 1 is 1.06 bits per heavy atom. The number of aromatic nitrogens is 2. The van der Waals surface area contributed by atoms with Crippen molar-refractivity contribution < 1.29 is 4.74 Å². The summed E-state index contributed by atoms with van der Waals surface area (Å²) >= 11 is 0. The minimum atomic E-state index is -0.229. The van der Waals surface area contributed by atoms with Crippen LogP contribution in [0.2, 0.25) is 0 Å². The molecule has 0 bridgehead atoms. The van der Waals surface area contributed by atoms with Crippen molar-refractivity contribution in [3.63, 3.8) is 0 Å². The summed E-state index contributed by atoms with van der Waals surface area (Å²) in [7, 11) is 0. The molecule has 0 saturated heterocycles. The molecular weight excluding hydrogens is 224 g/mol. The Balaban J connectivity index is 2.18. The van der Waals surface area contributed by atoms with Gasteiger partial charge in [-0.05, 0) is 26.8 Å². The summed E-state index contributed by atoms with van der Waals surface area (Å²) < 4.78 is 5.80. The number of H-pyrrole nitrogens is 1. The standard InChI is InChI=1S/C15H16N2O/c1-15(2,3)18-14-8-11-10-6-4-5-7-12(10)17-13(11)9-16-14/h4-9,17H,1-3H3. The van der Waals surface area contributed by atoms with Crippen LogP contribution in [0.25, 0.3) is 21.8 Å². The van der Waals surface area contributed by atoms with Crippen LogP contribution in [0.1, 0.15) is 20.8 Å². The molecule has 2 heterocycles. The summed E-state index contributed by atoms with van der Waals surface area (Å²) in [5.41, 5.74) is 1.94. The third-order valence-electron chi connectivity index (χ3n) is 2.78. The second kappa shape index (κ2) is 3.73. The maximum atomic E-state index is 5.80. The van der Waals surface area contributed by atoms with Gasteiger partial charge in [0.05, 0.1) is 11.7 Å². The molecule has 92 valence electrons. The fourth-order valence-electron chi connectivity index (χ4n) is 2.10. The smallest absolute Gasteiger partial charge is 0.214 e. The van der Waals surface area contributed by atoms with Crippen molar-refractivity contribution >= 4 is 21.8 Å². The van der Waals surface area contributed by atoms with Crippen LogP contribution in [-0.2, 0) is 0 Å². The van der Waals surface area contributed by atoms with Crippen molar-refractivity contribution in [2.24, 2.45) is 0 Å². The molecule has 3 rings (SSSR count). The molecule has 0 fully saturated rings. The van der Waals surface area contributed by atoms with Crippen LogP contribution in [0.3, 0.4) is 0 Å². The van der Waals surface area contributed by atoms with Gasteiger partial charge in [0.15, 0.2) is 0 Å². The maximum Gasteiger partial charge on any atom is 0.214 e. The second-order valence-electron chi connectivity index (χ2n) is 5.45. The highest BCUT2D eigenvalue weighted by atomic mass is 16.5. The van der Waals surface area contributed by atoms with Crippen LogP contribution in [-0.4, -0.2) is 15.6 Å². The molecule has 3 nitrogen and oxygen atoms in total. The van der Waals surface area contributed by atoms with Crippen molar-refractivity contribution in [1.29, 1.82) is 0 Å². The third-order valence-corrected chi connectivity index (χ3v) is 2.78. The van der Waals surface area contributed by atoms with Gasteiger partial charge >= 0.3 is 0 Å². The molecule has 3 aromatic rings. The quantitative estimate of drug-likeness (QED) is 0.700. The first-order valence-corrected chi connectivity index (χ1v) is 6.08. The van der Waals surface area contributed by atoms with Crippen LogP contribution < -0.4 is 4.74 Å². The van der Waals surface area contributed by atoms with Crippen molar-refractivity contribution in [2.75, 3.05) is 0 Å². The molecule has 0 radical (unpaired) electrons. The largest absolute Gasteiger partial charge is 0.472 e. The third kappa shape index (κ3) is 1.92. The fraction of sp³-hybridized carbons (Fsp3) is 0.267. The zero-order valence-corrected chi connectivity index (χ0v) is 10.8. The Labute approximate surface area is 106 Å². The molecule has 3 heteroatoms. The van der Waals surface area contributed by atoms with Gasteiger partial charge in [-0.15, -0.1) is 0 Å². The minimum Gasteiger partial charge on any atom is -0.472 e. The second-order valence-corrected chi connectivity index (χ2v) is 5.45. The van der Waals surface area contributed by atoms with Crippen molar-refractivity contribution in [3.8, 4) is 5.88 Å². The van der Waals surface area contributed by atoms with Gasteiger partial charge in [-0.25, -0.2) is 4.98 Å². The fourth-order valence-corrected chi connectivity index (χ4v) is 2.10. The van der Waals surface area contributed by atoms with E-state index in [9.17, 15) is 0 Å². The molecule has 0 saturated carbocycles. The summed E-state index contributed by atoms with van der Waals surface area (Å²) in [6, 6.07) is 10.2. The summed E-state index contributed by atoms with van der Waals surface area (Å²) in [5, 5.41) is 2.36. The van der Waals surface area contributed by atoms with E-state index in [-0.39, 0.29) is 5.60 Å². The zero-order chi connectivity index (χ0) is 12.8. The van der Waals surface area contributed by atoms with Crippen LogP contribution >= 0.6 is 0 Å². The molecule has 0 amide bonds.